The summed E-state index contributed by atoms with van der Waals surface area (Å²) in [5.74, 6) is -4.09. The summed E-state index contributed by atoms with van der Waals surface area (Å²) < 4.78 is 25.2. The van der Waals surface area contributed by atoms with Gasteiger partial charge in [0.15, 0.2) is 12.6 Å². The molecule has 2 atom stereocenters. The Bertz CT molecular complexity index is 5680. The van der Waals surface area contributed by atoms with E-state index in [9.17, 15) is 58.2 Å². The summed E-state index contributed by atoms with van der Waals surface area (Å²) in [6.07, 6.45) is 17.6. The molecular weight excluding hydrogens is 1690 g/mol. The molecule has 4 aromatic carbocycles. The number of aldehydes is 2. The number of hydrogen-bond donors (Lipinski definition) is 3. The molecule has 8 aromatic heterocycles. The van der Waals surface area contributed by atoms with E-state index in [0.29, 0.717) is 54.4 Å². The molecule has 0 bridgehead atoms. The molecule has 652 valence electrons. The molecule has 3 N–H and O–H groups in total. The van der Waals surface area contributed by atoms with E-state index < -0.39 is 46.1 Å². The Hall–Kier alpha value is -10.3. The molecule has 2 unspecified atom stereocenters. The van der Waals surface area contributed by atoms with Gasteiger partial charge in [0, 0.05) is 122 Å². The summed E-state index contributed by atoms with van der Waals surface area (Å²) in [5.41, 5.74) is 12.3. The van der Waals surface area contributed by atoms with Crippen molar-refractivity contribution in [1.82, 2.24) is 38.0 Å². The molecule has 6 aliphatic heterocycles. The molecule has 0 radical (unpaired) electrons. The minimum absolute atomic E-state index is 0. The number of carboxylic acids is 2. The molecule has 2 fully saturated rings. The van der Waals surface area contributed by atoms with Crippen molar-refractivity contribution >= 4 is 105 Å². The van der Waals surface area contributed by atoms with Crippen LogP contribution in [0.25, 0.3) is 22.1 Å². The van der Waals surface area contributed by atoms with Crippen LogP contribution in [0.1, 0.15) is 186 Å². The minimum atomic E-state index is -1.45. The van der Waals surface area contributed by atoms with E-state index in [1.807, 2.05) is 72.8 Å². The van der Waals surface area contributed by atoms with Gasteiger partial charge in [-0.2, -0.15) is 0 Å². The van der Waals surface area contributed by atoms with Crippen LogP contribution in [0.5, 0.6) is 0 Å². The second-order valence-electron chi connectivity index (χ2n) is 29.6. The molecule has 0 saturated carbocycles. The number of carbonyl (C=O) groups excluding carboxylic acids is 5. The summed E-state index contributed by atoms with van der Waals surface area (Å²) in [6, 6.07) is 50.4. The third-order valence-electron chi connectivity index (χ3n) is 21.1. The fraction of sp³-hybridized carbons (Fsp3) is 0.312. The normalized spacial score (nSPS) is 15.1. The van der Waals surface area contributed by atoms with Crippen LogP contribution in [0.3, 0.4) is 0 Å². The van der Waals surface area contributed by atoms with E-state index in [0.717, 1.165) is 128 Å². The minimum Gasteiger partial charge on any atom is -0.545 e. The van der Waals surface area contributed by atoms with E-state index in [1.54, 1.807) is 74.8 Å². The molecule has 125 heavy (non-hydrogen) atoms. The zero-order valence-corrected chi connectivity index (χ0v) is 74.1. The van der Waals surface area contributed by atoms with Crippen LogP contribution in [0.2, 0.25) is 20.1 Å². The van der Waals surface area contributed by atoms with Crippen LogP contribution >= 0.6 is 46.4 Å². The Morgan fingerprint density at radius 1 is 0.456 bits per heavy atom. The number of nitrogens with zero attached hydrogens (tertiary/aromatic N) is 6. The third-order valence-corrected chi connectivity index (χ3v) is 22.1. The molecule has 0 amide bonds. The first kappa shape index (κ1) is 100. The topological polar surface area (TPSA) is 299 Å². The molecule has 0 spiro atoms. The smallest absolute Gasteiger partial charge is 0.545 e. The van der Waals surface area contributed by atoms with E-state index >= 15 is 0 Å². The van der Waals surface area contributed by atoms with Gasteiger partial charge < -0.3 is 44.6 Å². The van der Waals surface area contributed by atoms with Gasteiger partial charge in [0.2, 0.25) is 0 Å². The zero-order valence-electron chi connectivity index (χ0n) is 69.1. The van der Waals surface area contributed by atoms with E-state index in [-0.39, 0.29) is 91.0 Å². The summed E-state index contributed by atoms with van der Waals surface area (Å²) in [6.45, 7) is 18.3. The van der Waals surface area contributed by atoms with Crippen molar-refractivity contribution in [3.8, 4) is 0 Å². The summed E-state index contributed by atoms with van der Waals surface area (Å²) in [7, 11) is 0. The number of ether oxygens (including phenoxy) is 4. The Kier molecular flexibility index (Phi) is 39.3. The number of hydrogen-bond acceptors (Lipinski definition) is 19. The predicted octanol–water partition coefficient (Wildman–Crippen LogP) is 12.3. The van der Waals surface area contributed by atoms with E-state index in [4.69, 9.17) is 65.4 Å². The van der Waals surface area contributed by atoms with Gasteiger partial charge >= 0.3 is 47.5 Å². The largest absolute Gasteiger partial charge is 1.00 e. The van der Waals surface area contributed by atoms with Gasteiger partial charge in [-0.25, -0.2) is 14.4 Å². The Labute approximate surface area is 767 Å². The van der Waals surface area contributed by atoms with Crippen molar-refractivity contribution in [1.29, 1.82) is 0 Å². The van der Waals surface area contributed by atoms with Crippen LogP contribution in [0.4, 0.5) is 0 Å². The number of aromatic carboxylic acids is 2. The van der Waals surface area contributed by atoms with Crippen LogP contribution < -0.4 is 67.5 Å². The standard InChI is InChI=1S/2C20H17ClN2O3.2C13H11NO4.2C9H10ClN.2C5H10O.2CH4.Na/c2*21-16-5-4-14-11-22(8-6-13(14)9-16)12-15-10-17(20(25)26)19(24)23-7-2-1-3-18(15)23;2*1-2-18-13(17)10-7-9(8-15)11-5-3-4-6-14(11)12(10)16;2*10-9-2-1-8-6-11-4-3-7(8)5-9;2*1-5-3-2-4-6-5;;;/h2*1-5,7,9-10H,6,8,11-12H2,(H,25,26);2*3-8H,2H2,1H3;2*1-2,5,11H,3-4,6H2;2*5H,2-4H2,1H3;2*1H4;/q;;;;;;;;;;+1/p-1. The van der Waals surface area contributed by atoms with E-state index in [2.05, 4.69) is 58.5 Å². The molecule has 14 heterocycles. The molecule has 12 aromatic rings. The average molecular weight is 1790 g/mol. The number of esters is 2. The Balaban J connectivity index is 0.000000184. The summed E-state index contributed by atoms with van der Waals surface area (Å²) in [5, 5.41) is 30.6. The number of carbonyl (C=O) groups is 6. The zero-order chi connectivity index (χ0) is 86.9. The summed E-state index contributed by atoms with van der Waals surface area (Å²) in [4.78, 5) is 121. The maximum Gasteiger partial charge on any atom is 1.00 e. The van der Waals surface area contributed by atoms with E-state index in [1.165, 1.54) is 124 Å². The first-order chi connectivity index (χ1) is 58.9. The quantitative estimate of drug-likeness (QED) is 0.0581. The van der Waals surface area contributed by atoms with Crippen molar-refractivity contribution in [2.24, 2.45) is 0 Å². The number of pyridine rings is 8. The van der Waals surface area contributed by atoms with Gasteiger partial charge in [0.1, 0.15) is 16.7 Å². The molecule has 6 aliphatic rings. The van der Waals surface area contributed by atoms with Gasteiger partial charge in [-0.1, -0.05) is 110 Å². The number of nitrogens with one attached hydrogen (secondary N) is 2. The van der Waals surface area contributed by atoms with Gasteiger partial charge in [-0.15, -0.1) is 0 Å². The van der Waals surface area contributed by atoms with Gasteiger partial charge in [-0.3, -0.25) is 56.2 Å². The van der Waals surface area contributed by atoms with Crippen LogP contribution in [-0.2, 0) is 83.9 Å². The van der Waals surface area contributed by atoms with Crippen molar-refractivity contribution in [3.63, 3.8) is 0 Å². The first-order valence-electron chi connectivity index (χ1n) is 40.4. The fourth-order valence-corrected chi connectivity index (χ4v) is 15.7. The number of fused-ring (bicyclic) bond motifs is 8. The Morgan fingerprint density at radius 2 is 0.792 bits per heavy atom. The second kappa shape index (κ2) is 49.0. The van der Waals surface area contributed by atoms with Crippen molar-refractivity contribution in [2.75, 3.05) is 52.6 Å². The Morgan fingerprint density at radius 3 is 1.12 bits per heavy atom. The van der Waals surface area contributed by atoms with Crippen LogP contribution in [0.15, 0.2) is 214 Å². The average Bonchev–Trinajstić information content (AvgIpc) is 0.936. The predicted molar refractivity (Wildman–Crippen MR) is 484 cm³/mol. The van der Waals surface area contributed by atoms with Gasteiger partial charge in [0.25, 0.3) is 22.2 Å². The van der Waals surface area contributed by atoms with Crippen molar-refractivity contribution in [2.45, 2.75) is 145 Å². The van der Waals surface area contributed by atoms with Crippen LogP contribution in [0, 0.1) is 0 Å². The molecule has 2 saturated heterocycles. The van der Waals surface area contributed by atoms with Crippen molar-refractivity contribution < 1.29 is 87.5 Å². The maximum absolute atomic E-state index is 12.4. The van der Waals surface area contributed by atoms with Gasteiger partial charge in [-0.05, 0) is 269 Å². The van der Waals surface area contributed by atoms with Crippen molar-refractivity contribution in [3.05, 3.63) is 345 Å². The molecule has 29 heteroatoms. The molecular formula is C96H103Cl4N8NaO16. The number of rotatable bonds is 12. The third kappa shape index (κ3) is 26.9. The molecule has 0 aliphatic carbocycles. The molecule has 18 rings (SSSR count). The number of benzene rings is 4. The molecule has 24 nitrogen and oxygen atoms in total. The number of halogens is 4. The second-order valence-corrected chi connectivity index (χ2v) is 31.3. The fourth-order valence-electron chi connectivity index (χ4n) is 14.9. The maximum atomic E-state index is 12.4. The van der Waals surface area contributed by atoms with Crippen LogP contribution in [-0.4, -0.2) is 134 Å². The SMILES string of the molecule is C.C.CC1CCCO1.CC1CCCO1.CCOC(=O)c1cc(C=O)c2ccccn2c1=O.CCOC(=O)c1cc(C=O)c2ccccn2c1=O.Clc1ccc2c(c1)CCNC2.Clc1ccc2c(c1)CCNC2.O=C(O)c1cc(CN2CCc3cc(Cl)ccc3C2)c2ccccn2c1=O.O=C([O-])c1cc(CN2CCc3cc(Cl)ccc3C2)c2ccccn2c1=O.[Na+]. The number of carboxylic acid groups (broad SMARTS) is 2. The number of aromatic nitrogens is 4. The summed E-state index contributed by atoms with van der Waals surface area (Å²) >= 11 is 23.8. The van der Waals surface area contributed by atoms with Gasteiger partial charge in [0.05, 0.1) is 59.0 Å². The first-order valence-corrected chi connectivity index (χ1v) is 41.9. The monoisotopic (exact) mass is 1790 g/mol.